The third-order valence-electron chi connectivity index (χ3n) is 4.09. The van der Waals surface area contributed by atoms with Gasteiger partial charge in [0.2, 0.25) is 0 Å². The van der Waals surface area contributed by atoms with Gasteiger partial charge in [0.15, 0.2) is 0 Å². The summed E-state index contributed by atoms with van der Waals surface area (Å²) in [6.45, 7) is 9.92. The average Bonchev–Trinajstić information content (AvgIpc) is 2.44. The van der Waals surface area contributed by atoms with E-state index in [0.29, 0.717) is 17.7 Å². The molecule has 1 heterocycles. The number of aliphatic hydroxyl groups is 1. The van der Waals surface area contributed by atoms with E-state index in [1.165, 1.54) is 5.56 Å². The fourth-order valence-corrected chi connectivity index (χ4v) is 3.09. The minimum atomic E-state index is 0.256. The monoisotopic (exact) mass is 292 g/mol. The molecule has 0 bridgehead atoms. The lowest BCUT2D eigenvalue weighted by Crippen LogP contribution is -2.53. The standard InChI is InChI=1S/C17H28N2O2/c1-14(2)11-19-9-8-18(13-16(19)7-10-20)12-15-3-5-17(21)6-4-15/h3-6,14,16,20-21H,7-13H2,1-2H3. The number of aromatic hydroxyl groups is 1. The third-order valence-corrected chi connectivity index (χ3v) is 4.09. The number of nitrogens with zero attached hydrogens (tertiary/aromatic N) is 2. The molecular weight excluding hydrogens is 264 g/mol. The molecule has 1 aromatic rings. The molecule has 4 heteroatoms. The van der Waals surface area contributed by atoms with Crippen molar-refractivity contribution in [1.29, 1.82) is 0 Å². The SMILES string of the molecule is CC(C)CN1CCN(Cc2ccc(O)cc2)CC1CCO. The van der Waals surface area contributed by atoms with Crippen molar-refractivity contribution >= 4 is 0 Å². The van der Waals surface area contributed by atoms with Crippen LogP contribution < -0.4 is 0 Å². The molecule has 0 saturated carbocycles. The normalized spacial score (nSPS) is 21.0. The topological polar surface area (TPSA) is 46.9 Å². The number of benzene rings is 1. The Morgan fingerprint density at radius 3 is 2.52 bits per heavy atom. The zero-order valence-electron chi connectivity index (χ0n) is 13.2. The third kappa shape index (κ3) is 4.99. The van der Waals surface area contributed by atoms with E-state index in [1.54, 1.807) is 12.1 Å². The van der Waals surface area contributed by atoms with Crippen molar-refractivity contribution in [3.05, 3.63) is 29.8 Å². The summed E-state index contributed by atoms with van der Waals surface area (Å²) in [7, 11) is 0. The molecule has 1 unspecified atom stereocenters. The molecule has 1 atom stereocenters. The van der Waals surface area contributed by atoms with Crippen LogP contribution in [0, 0.1) is 5.92 Å². The Bertz CT molecular complexity index is 419. The lowest BCUT2D eigenvalue weighted by Gasteiger charge is -2.42. The molecule has 2 N–H and O–H groups in total. The van der Waals surface area contributed by atoms with Gasteiger partial charge in [-0.25, -0.2) is 0 Å². The molecule has 0 spiro atoms. The summed E-state index contributed by atoms with van der Waals surface area (Å²) >= 11 is 0. The molecule has 0 amide bonds. The first-order chi connectivity index (χ1) is 10.1. The number of rotatable bonds is 6. The number of piperazine rings is 1. The molecule has 0 aliphatic carbocycles. The highest BCUT2D eigenvalue weighted by atomic mass is 16.3. The van der Waals surface area contributed by atoms with Crippen LogP contribution in [0.5, 0.6) is 5.75 Å². The van der Waals surface area contributed by atoms with Crippen molar-refractivity contribution in [2.75, 3.05) is 32.8 Å². The number of phenolic OH excluding ortho intramolecular Hbond substituents is 1. The van der Waals surface area contributed by atoms with E-state index in [0.717, 1.165) is 39.1 Å². The Morgan fingerprint density at radius 2 is 1.90 bits per heavy atom. The summed E-state index contributed by atoms with van der Waals surface area (Å²) in [5.41, 5.74) is 1.23. The van der Waals surface area contributed by atoms with Crippen LogP contribution in [0.4, 0.5) is 0 Å². The maximum atomic E-state index is 9.35. The van der Waals surface area contributed by atoms with E-state index >= 15 is 0 Å². The summed E-state index contributed by atoms with van der Waals surface area (Å²) in [6.07, 6.45) is 0.846. The summed E-state index contributed by atoms with van der Waals surface area (Å²) in [4.78, 5) is 4.97. The molecule has 1 saturated heterocycles. The predicted molar refractivity (Wildman–Crippen MR) is 85.3 cm³/mol. The van der Waals surface area contributed by atoms with E-state index < -0.39 is 0 Å². The number of hydrogen-bond donors (Lipinski definition) is 2. The Balaban J connectivity index is 1.93. The van der Waals surface area contributed by atoms with Gasteiger partial charge in [-0.3, -0.25) is 9.80 Å². The number of hydrogen-bond acceptors (Lipinski definition) is 4. The predicted octanol–water partition coefficient (Wildman–Crippen LogP) is 1.92. The Hall–Kier alpha value is -1.10. The summed E-state index contributed by atoms with van der Waals surface area (Å²) in [5, 5.41) is 18.6. The van der Waals surface area contributed by atoms with Crippen molar-refractivity contribution in [3.8, 4) is 5.75 Å². The van der Waals surface area contributed by atoms with Crippen molar-refractivity contribution in [1.82, 2.24) is 9.80 Å². The highest BCUT2D eigenvalue weighted by Gasteiger charge is 2.26. The molecule has 1 aliphatic heterocycles. The molecule has 21 heavy (non-hydrogen) atoms. The number of aliphatic hydroxyl groups excluding tert-OH is 1. The largest absolute Gasteiger partial charge is 0.508 e. The van der Waals surface area contributed by atoms with Gasteiger partial charge in [-0.05, 0) is 30.0 Å². The fraction of sp³-hybridized carbons (Fsp3) is 0.647. The highest BCUT2D eigenvalue weighted by molar-refractivity contribution is 5.25. The first-order valence-electron chi connectivity index (χ1n) is 7.93. The van der Waals surface area contributed by atoms with Crippen LogP contribution in [-0.2, 0) is 6.54 Å². The first-order valence-corrected chi connectivity index (χ1v) is 7.93. The van der Waals surface area contributed by atoms with Gasteiger partial charge in [0.05, 0.1) is 0 Å². The van der Waals surface area contributed by atoms with Crippen molar-refractivity contribution in [3.63, 3.8) is 0 Å². The summed E-state index contributed by atoms with van der Waals surface area (Å²) in [5.74, 6) is 0.980. The van der Waals surface area contributed by atoms with E-state index in [9.17, 15) is 10.2 Å². The van der Waals surface area contributed by atoms with Crippen LogP contribution in [-0.4, -0.2) is 58.8 Å². The summed E-state index contributed by atoms with van der Waals surface area (Å²) < 4.78 is 0. The maximum absolute atomic E-state index is 9.35. The zero-order valence-corrected chi connectivity index (χ0v) is 13.2. The molecule has 1 aromatic carbocycles. The van der Waals surface area contributed by atoms with Crippen LogP contribution in [0.15, 0.2) is 24.3 Å². The smallest absolute Gasteiger partial charge is 0.115 e. The quantitative estimate of drug-likeness (QED) is 0.841. The molecule has 1 fully saturated rings. The minimum Gasteiger partial charge on any atom is -0.508 e. The van der Waals surface area contributed by atoms with Crippen molar-refractivity contribution < 1.29 is 10.2 Å². The lowest BCUT2D eigenvalue weighted by atomic mass is 10.1. The maximum Gasteiger partial charge on any atom is 0.115 e. The van der Waals surface area contributed by atoms with Crippen molar-refractivity contribution in [2.24, 2.45) is 5.92 Å². The van der Waals surface area contributed by atoms with Crippen LogP contribution in [0.3, 0.4) is 0 Å². The molecule has 4 nitrogen and oxygen atoms in total. The zero-order chi connectivity index (χ0) is 15.2. The van der Waals surface area contributed by atoms with E-state index in [4.69, 9.17) is 0 Å². The first kappa shape index (κ1) is 16.3. The van der Waals surface area contributed by atoms with Gasteiger partial charge >= 0.3 is 0 Å². The highest BCUT2D eigenvalue weighted by Crippen LogP contribution is 2.18. The van der Waals surface area contributed by atoms with Crippen LogP contribution >= 0.6 is 0 Å². The molecule has 118 valence electrons. The van der Waals surface area contributed by atoms with E-state index in [-0.39, 0.29) is 6.61 Å². The lowest BCUT2D eigenvalue weighted by molar-refractivity contribution is 0.0477. The van der Waals surface area contributed by atoms with Gasteiger partial charge in [0.1, 0.15) is 5.75 Å². The van der Waals surface area contributed by atoms with E-state index in [2.05, 4.69) is 23.6 Å². The van der Waals surface area contributed by atoms with Crippen LogP contribution in [0.25, 0.3) is 0 Å². The molecule has 0 radical (unpaired) electrons. The molecular formula is C17H28N2O2. The second-order valence-electron chi connectivity index (χ2n) is 6.46. The van der Waals surface area contributed by atoms with Gasteiger partial charge in [0, 0.05) is 45.4 Å². The van der Waals surface area contributed by atoms with Gasteiger partial charge in [-0.1, -0.05) is 26.0 Å². The Labute approximate surface area is 128 Å². The average molecular weight is 292 g/mol. The second kappa shape index (κ2) is 7.78. The van der Waals surface area contributed by atoms with Gasteiger partial charge in [-0.15, -0.1) is 0 Å². The van der Waals surface area contributed by atoms with Crippen molar-refractivity contribution in [2.45, 2.75) is 32.9 Å². The van der Waals surface area contributed by atoms with Gasteiger partial charge in [0.25, 0.3) is 0 Å². The van der Waals surface area contributed by atoms with Gasteiger partial charge < -0.3 is 10.2 Å². The molecule has 0 aromatic heterocycles. The Kier molecular flexibility index (Phi) is 6.03. The second-order valence-corrected chi connectivity index (χ2v) is 6.46. The van der Waals surface area contributed by atoms with E-state index in [1.807, 2.05) is 12.1 Å². The minimum absolute atomic E-state index is 0.256. The molecule has 1 aliphatic rings. The summed E-state index contributed by atoms with van der Waals surface area (Å²) in [6, 6.07) is 7.90. The van der Waals surface area contributed by atoms with Crippen LogP contribution in [0.2, 0.25) is 0 Å². The number of phenols is 1. The van der Waals surface area contributed by atoms with Gasteiger partial charge in [-0.2, -0.15) is 0 Å². The van der Waals surface area contributed by atoms with Crippen LogP contribution in [0.1, 0.15) is 25.8 Å². The molecule has 2 rings (SSSR count). The Morgan fingerprint density at radius 1 is 1.19 bits per heavy atom. The fourth-order valence-electron chi connectivity index (χ4n) is 3.09.